The zero-order chi connectivity index (χ0) is 20.1. The van der Waals surface area contributed by atoms with Crippen LogP contribution in [0.25, 0.3) is 0 Å². The first-order chi connectivity index (χ1) is 13.3. The molecule has 0 saturated carbocycles. The lowest BCUT2D eigenvalue weighted by Gasteiger charge is -2.48. The van der Waals surface area contributed by atoms with Crippen molar-refractivity contribution < 1.29 is 28.2 Å². The van der Waals surface area contributed by atoms with Gasteiger partial charge in [0.05, 0.1) is 6.26 Å². The smallest absolute Gasteiger partial charge is 0.374 e. The Hall–Kier alpha value is -2.60. The van der Waals surface area contributed by atoms with Gasteiger partial charge >= 0.3 is 11.9 Å². The van der Waals surface area contributed by atoms with Gasteiger partial charge in [0.25, 0.3) is 0 Å². The summed E-state index contributed by atoms with van der Waals surface area (Å²) in [6, 6.07) is 3.24. The number of rotatable bonds is 4. The topological polar surface area (TPSA) is 75.0 Å². The molecule has 4 rings (SSSR count). The van der Waals surface area contributed by atoms with Crippen LogP contribution in [0.2, 0.25) is 0 Å². The summed E-state index contributed by atoms with van der Waals surface area (Å²) in [7, 11) is 0. The molecule has 1 aromatic rings. The monoisotopic (exact) mass is 384 g/mol. The van der Waals surface area contributed by atoms with Crippen LogP contribution in [0.5, 0.6) is 0 Å². The zero-order valence-electron chi connectivity index (χ0n) is 16.5. The fraction of sp³-hybridized carbons (Fsp3) is 0.455. The van der Waals surface area contributed by atoms with E-state index in [9.17, 15) is 9.59 Å². The van der Waals surface area contributed by atoms with E-state index in [4.69, 9.17) is 18.6 Å². The summed E-state index contributed by atoms with van der Waals surface area (Å²) >= 11 is 0. The molecule has 28 heavy (non-hydrogen) atoms. The minimum Gasteiger partial charge on any atom is -0.457 e. The van der Waals surface area contributed by atoms with E-state index < -0.39 is 12.1 Å². The van der Waals surface area contributed by atoms with E-state index in [1.165, 1.54) is 6.26 Å². The second kappa shape index (κ2) is 6.78. The van der Waals surface area contributed by atoms with Crippen LogP contribution in [0.15, 0.2) is 57.4 Å². The predicted molar refractivity (Wildman–Crippen MR) is 100 cm³/mol. The Morgan fingerprint density at radius 1 is 1.39 bits per heavy atom. The number of fused-ring (bicyclic) bond motifs is 2. The SMILES string of the molecule is CCO[C@@H]1C=C2C=C3OC(=O)C(C)=C3C[C@]2(C)[C@@H](C)[C@H]1OC(=O)c1ccco1. The van der Waals surface area contributed by atoms with Crippen molar-refractivity contribution in [1.82, 2.24) is 0 Å². The molecule has 0 spiro atoms. The van der Waals surface area contributed by atoms with Gasteiger partial charge < -0.3 is 18.6 Å². The van der Waals surface area contributed by atoms with Crippen LogP contribution in [-0.2, 0) is 19.0 Å². The highest BCUT2D eigenvalue weighted by Crippen LogP contribution is 2.54. The molecule has 0 amide bonds. The Morgan fingerprint density at radius 2 is 2.18 bits per heavy atom. The maximum absolute atomic E-state index is 12.5. The molecule has 0 saturated heterocycles. The third-order valence-corrected chi connectivity index (χ3v) is 6.24. The van der Waals surface area contributed by atoms with E-state index in [1.807, 2.05) is 19.1 Å². The lowest BCUT2D eigenvalue weighted by molar-refractivity contribution is -0.133. The number of esters is 2. The molecule has 1 aliphatic heterocycles. The summed E-state index contributed by atoms with van der Waals surface area (Å²) in [5.74, 6) is -0.0502. The highest BCUT2D eigenvalue weighted by atomic mass is 16.6. The van der Waals surface area contributed by atoms with Crippen molar-refractivity contribution in [3.63, 3.8) is 0 Å². The van der Waals surface area contributed by atoms with Crippen LogP contribution in [0.3, 0.4) is 0 Å². The van der Waals surface area contributed by atoms with Gasteiger partial charge in [0.15, 0.2) is 0 Å². The van der Waals surface area contributed by atoms with Gasteiger partial charge in [0.2, 0.25) is 5.76 Å². The molecule has 3 aliphatic rings. The van der Waals surface area contributed by atoms with E-state index in [-0.39, 0.29) is 29.2 Å². The molecule has 0 aromatic carbocycles. The largest absolute Gasteiger partial charge is 0.457 e. The van der Waals surface area contributed by atoms with Crippen LogP contribution in [0.1, 0.15) is 44.7 Å². The Morgan fingerprint density at radius 3 is 2.86 bits per heavy atom. The predicted octanol–water partition coefficient (Wildman–Crippen LogP) is 3.95. The Labute approximate surface area is 163 Å². The van der Waals surface area contributed by atoms with E-state index >= 15 is 0 Å². The third kappa shape index (κ3) is 2.83. The summed E-state index contributed by atoms with van der Waals surface area (Å²) in [5, 5.41) is 0. The molecule has 4 atom stereocenters. The van der Waals surface area contributed by atoms with E-state index in [0.717, 1.165) is 11.1 Å². The van der Waals surface area contributed by atoms with Crippen LogP contribution in [-0.4, -0.2) is 30.8 Å². The quantitative estimate of drug-likeness (QED) is 0.732. The minimum atomic E-state index is -0.506. The van der Waals surface area contributed by atoms with Crippen molar-refractivity contribution >= 4 is 11.9 Å². The van der Waals surface area contributed by atoms with Gasteiger partial charge in [0, 0.05) is 29.1 Å². The standard InChI is InChI=1S/C22H24O6/c1-5-25-18-10-14-9-17-15(12(2)20(23)27-17)11-22(14,4)13(3)19(18)28-21(24)16-7-6-8-26-16/h6-10,13,18-19H,5,11H2,1-4H3/t13-,18+,19+,22+/m0/s1. The lowest BCUT2D eigenvalue weighted by atomic mass is 9.60. The molecule has 1 aromatic heterocycles. The molecule has 6 nitrogen and oxygen atoms in total. The molecular weight excluding hydrogens is 360 g/mol. The molecule has 148 valence electrons. The normalized spacial score (nSPS) is 31.6. The molecule has 2 heterocycles. The second-order valence-electron chi connectivity index (χ2n) is 7.77. The molecule has 2 aliphatic carbocycles. The van der Waals surface area contributed by atoms with Crippen LogP contribution >= 0.6 is 0 Å². The summed E-state index contributed by atoms with van der Waals surface area (Å²) in [6.45, 7) is 8.38. The zero-order valence-corrected chi connectivity index (χ0v) is 16.5. The number of hydrogen-bond acceptors (Lipinski definition) is 6. The van der Waals surface area contributed by atoms with Crippen molar-refractivity contribution in [2.24, 2.45) is 11.3 Å². The Kier molecular flexibility index (Phi) is 4.54. The van der Waals surface area contributed by atoms with Gasteiger partial charge in [-0.2, -0.15) is 0 Å². The first-order valence-corrected chi connectivity index (χ1v) is 9.57. The fourth-order valence-electron chi connectivity index (χ4n) is 4.32. The van der Waals surface area contributed by atoms with E-state index in [1.54, 1.807) is 19.1 Å². The number of hydrogen-bond donors (Lipinski definition) is 0. The molecule has 0 N–H and O–H groups in total. The minimum absolute atomic E-state index is 0.0447. The summed E-state index contributed by atoms with van der Waals surface area (Å²) in [5.41, 5.74) is 2.32. The Bertz CT molecular complexity index is 903. The van der Waals surface area contributed by atoms with Gasteiger partial charge in [-0.1, -0.05) is 13.8 Å². The van der Waals surface area contributed by atoms with Crippen LogP contribution in [0, 0.1) is 11.3 Å². The van der Waals surface area contributed by atoms with Gasteiger partial charge in [0.1, 0.15) is 18.0 Å². The average Bonchev–Trinajstić information content (AvgIpc) is 3.28. The lowest BCUT2D eigenvalue weighted by Crippen LogP contribution is -2.49. The van der Waals surface area contributed by atoms with Gasteiger partial charge in [-0.25, -0.2) is 9.59 Å². The van der Waals surface area contributed by atoms with Crippen molar-refractivity contribution in [2.45, 2.75) is 46.3 Å². The van der Waals surface area contributed by atoms with E-state index in [0.29, 0.717) is 24.4 Å². The molecule has 0 radical (unpaired) electrons. The van der Waals surface area contributed by atoms with Crippen LogP contribution in [0.4, 0.5) is 0 Å². The molecule has 0 bridgehead atoms. The maximum atomic E-state index is 12.5. The number of furan rings is 1. The highest BCUT2D eigenvalue weighted by molar-refractivity contribution is 5.94. The van der Waals surface area contributed by atoms with Gasteiger partial charge in [-0.15, -0.1) is 0 Å². The summed E-state index contributed by atoms with van der Waals surface area (Å²) < 4.78 is 22.3. The summed E-state index contributed by atoms with van der Waals surface area (Å²) in [4.78, 5) is 24.5. The first kappa shape index (κ1) is 18.7. The van der Waals surface area contributed by atoms with Crippen molar-refractivity contribution in [3.05, 3.63) is 58.8 Å². The third-order valence-electron chi connectivity index (χ3n) is 6.24. The number of allylic oxidation sites excluding steroid dienone is 3. The maximum Gasteiger partial charge on any atom is 0.374 e. The first-order valence-electron chi connectivity index (χ1n) is 9.57. The average molecular weight is 384 g/mol. The van der Waals surface area contributed by atoms with Crippen LogP contribution < -0.4 is 0 Å². The Balaban J connectivity index is 1.71. The number of carbonyl (C=O) groups is 2. The second-order valence-corrected chi connectivity index (χ2v) is 7.77. The van der Waals surface area contributed by atoms with Crippen molar-refractivity contribution in [2.75, 3.05) is 6.61 Å². The number of ether oxygens (including phenoxy) is 3. The van der Waals surface area contributed by atoms with Gasteiger partial charge in [-0.3, -0.25) is 0 Å². The van der Waals surface area contributed by atoms with Crippen molar-refractivity contribution in [1.29, 1.82) is 0 Å². The fourth-order valence-corrected chi connectivity index (χ4v) is 4.32. The van der Waals surface area contributed by atoms with Gasteiger partial charge in [-0.05, 0) is 50.1 Å². The highest BCUT2D eigenvalue weighted by Gasteiger charge is 2.51. The molecule has 0 fully saturated rings. The number of carbonyl (C=O) groups excluding carboxylic acids is 2. The molecular formula is C22H24O6. The molecule has 6 heteroatoms. The van der Waals surface area contributed by atoms with Crippen molar-refractivity contribution in [3.8, 4) is 0 Å². The van der Waals surface area contributed by atoms with E-state index in [2.05, 4.69) is 13.8 Å². The summed E-state index contributed by atoms with van der Waals surface area (Å²) in [6.07, 6.45) is 5.16. The molecule has 0 unspecified atom stereocenters.